The highest BCUT2D eigenvalue weighted by molar-refractivity contribution is 5.66. The molecule has 0 unspecified atom stereocenters. The van der Waals surface area contributed by atoms with Crippen molar-refractivity contribution in [1.29, 1.82) is 0 Å². The minimum absolute atomic E-state index is 0.429. The van der Waals surface area contributed by atoms with E-state index in [1.54, 1.807) is 6.07 Å². The van der Waals surface area contributed by atoms with E-state index < -0.39 is 0 Å². The van der Waals surface area contributed by atoms with Crippen molar-refractivity contribution >= 4 is 0 Å². The van der Waals surface area contributed by atoms with E-state index in [1.807, 2.05) is 91.0 Å². The van der Waals surface area contributed by atoms with Gasteiger partial charge in [-0.25, -0.2) is 0 Å². The molecule has 0 saturated heterocycles. The standard InChI is InChI=1S/C24H20N2O2/c1-4-10-19(11-5-1)17-27-22-16-23(28-18-20-12-6-2-7-13-20)25-26-24(22)21-14-8-3-9-15-21/h1-16H,17-18H2. The Morgan fingerprint density at radius 3 is 1.71 bits per heavy atom. The summed E-state index contributed by atoms with van der Waals surface area (Å²) in [6.07, 6.45) is 0. The van der Waals surface area contributed by atoms with E-state index in [4.69, 9.17) is 9.47 Å². The predicted octanol–water partition coefficient (Wildman–Crippen LogP) is 5.30. The summed E-state index contributed by atoms with van der Waals surface area (Å²) in [5.74, 6) is 1.08. The summed E-state index contributed by atoms with van der Waals surface area (Å²) in [6, 6.07) is 31.7. The SMILES string of the molecule is c1ccc(COc2cc(OCc3ccccc3)c(-c3ccccc3)nn2)cc1. The van der Waals surface area contributed by atoms with Gasteiger partial charge in [0.15, 0.2) is 5.75 Å². The normalized spacial score (nSPS) is 10.4. The van der Waals surface area contributed by atoms with Gasteiger partial charge in [0, 0.05) is 11.6 Å². The van der Waals surface area contributed by atoms with Gasteiger partial charge in [-0.15, -0.1) is 10.2 Å². The lowest BCUT2D eigenvalue weighted by Gasteiger charge is -2.12. The quantitative estimate of drug-likeness (QED) is 0.444. The molecule has 1 aromatic heterocycles. The summed E-state index contributed by atoms with van der Waals surface area (Å²) in [7, 11) is 0. The number of hydrogen-bond donors (Lipinski definition) is 0. The van der Waals surface area contributed by atoms with Gasteiger partial charge in [0.05, 0.1) is 0 Å². The lowest BCUT2D eigenvalue weighted by atomic mass is 10.1. The molecule has 0 atom stereocenters. The topological polar surface area (TPSA) is 44.2 Å². The van der Waals surface area contributed by atoms with Gasteiger partial charge in [0.25, 0.3) is 0 Å². The molecule has 0 spiro atoms. The van der Waals surface area contributed by atoms with Gasteiger partial charge in [0.2, 0.25) is 5.88 Å². The summed E-state index contributed by atoms with van der Waals surface area (Å²) in [6.45, 7) is 0.878. The summed E-state index contributed by atoms with van der Waals surface area (Å²) >= 11 is 0. The summed E-state index contributed by atoms with van der Waals surface area (Å²) in [4.78, 5) is 0. The van der Waals surface area contributed by atoms with Gasteiger partial charge in [-0.1, -0.05) is 91.0 Å². The van der Waals surface area contributed by atoms with Gasteiger partial charge in [-0.3, -0.25) is 0 Å². The Kier molecular flexibility index (Phi) is 5.59. The molecule has 3 aromatic carbocycles. The lowest BCUT2D eigenvalue weighted by Crippen LogP contribution is -2.03. The van der Waals surface area contributed by atoms with Gasteiger partial charge >= 0.3 is 0 Å². The number of hydrogen-bond acceptors (Lipinski definition) is 4. The van der Waals surface area contributed by atoms with Crippen molar-refractivity contribution in [2.75, 3.05) is 0 Å². The maximum atomic E-state index is 6.09. The van der Waals surface area contributed by atoms with E-state index in [0.29, 0.717) is 30.5 Å². The molecule has 0 fully saturated rings. The van der Waals surface area contributed by atoms with E-state index >= 15 is 0 Å². The Morgan fingerprint density at radius 1 is 0.571 bits per heavy atom. The first-order valence-electron chi connectivity index (χ1n) is 9.15. The zero-order valence-electron chi connectivity index (χ0n) is 15.4. The van der Waals surface area contributed by atoms with Crippen molar-refractivity contribution in [1.82, 2.24) is 10.2 Å². The monoisotopic (exact) mass is 368 g/mol. The minimum Gasteiger partial charge on any atom is -0.486 e. The van der Waals surface area contributed by atoms with Crippen LogP contribution in [0.3, 0.4) is 0 Å². The van der Waals surface area contributed by atoms with Crippen molar-refractivity contribution < 1.29 is 9.47 Å². The molecule has 4 rings (SSSR count). The molecular weight excluding hydrogens is 348 g/mol. The van der Waals surface area contributed by atoms with Crippen LogP contribution < -0.4 is 9.47 Å². The van der Waals surface area contributed by atoms with Crippen LogP contribution in [-0.2, 0) is 13.2 Å². The Balaban J connectivity index is 1.57. The third-order valence-electron chi connectivity index (χ3n) is 4.25. The van der Waals surface area contributed by atoms with Crippen LogP contribution in [0.1, 0.15) is 11.1 Å². The van der Waals surface area contributed by atoms with E-state index in [9.17, 15) is 0 Å². The zero-order chi connectivity index (χ0) is 19.0. The van der Waals surface area contributed by atoms with Crippen LogP contribution in [0, 0.1) is 0 Å². The molecule has 4 nitrogen and oxygen atoms in total. The second-order valence-corrected chi connectivity index (χ2v) is 6.31. The molecule has 0 saturated carbocycles. The van der Waals surface area contributed by atoms with Gasteiger partial charge in [-0.05, 0) is 11.1 Å². The molecule has 0 amide bonds. The highest BCUT2D eigenvalue weighted by Gasteiger charge is 2.12. The average molecular weight is 368 g/mol. The third kappa shape index (κ3) is 4.54. The van der Waals surface area contributed by atoms with Crippen molar-refractivity contribution in [3.63, 3.8) is 0 Å². The Hall–Kier alpha value is -3.66. The molecule has 0 aliphatic rings. The maximum absolute atomic E-state index is 6.09. The Morgan fingerprint density at radius 2 is 1.11 bits per heavy atom. The van der Waals surface area contributed by atoms with Crippen molar-refractivity contribution in [3.8, 4) is 22.9 Å². The van der Waals surface area contributed by atoms with Crippen LogP contribution in [0.25, 0.3) is 11.3 Å². The van der Waals surface area contributed by atoms with Crippen LogP contribution in [0.4, 0.5) is 0 Å². The molecule has 0 aliphatic carbocycles. The Labute approximate surface area is 164 Å². The molecule has 4 aromatic rings. The van der Waals surface area contributed by atoms with E-state index in [1.165, 1.54) is 0 Å². The fraction of sp³-hybridized carbons (Fsp3) is 0.0833. The summed E-state index contributed by atoms with van der Waals surface area (Å²) in [5, 5.41) is 8.61. The van der Waals surface area contributed by atoms with Crippen LogP contribution in [0.2, 0.25) is 0 Å². The number of rotatable bonds is 7. The lowest BCUT2D eigenvalue weighted by molar-refractivity contribution is 0.277. The number of ether oxygens (including phenoxy) is 2. The van der Waals surface area contributed by atoms with Crippen LogP contribution in [0.15, 0.2) is 97.1 Å². The molecule has 0 bridgehead atoms. The zero-order valence-corrected chi connectivity index (χ0v) is 15.4. The second-order valence-electron chi connectivity index (χ2n) is 6.31. The van der Waals surface area contributed by atoms with Gasteiger partial charge in [0.1, 0.15) is 18.9 Å². The number of aromatic nitrogens is 2. The number of nitrogens with zero attached hydrogens (tertiary/aromatic N) is 2. The van der Waals surface area contributed by atoms with Gasteiger partial charge < -0.3 is 9.47 Å². The van der Waals surface area contributed by atoms with Crippen molar-refractivity contribution in [3.05, 3.63) is 108 Å². The molecule has 0 radical (unpaired) electrons. The molecular formula is C24H20N2O2. The maximum Gasteiger partial charge on any atom is 0.237 e. The van der Waals surface area contributed by atoms with E-state index in [0.717, 1.165) is 16.7 Å². The summed E-state index contributed by atoms with van der Waals surface area (Å²) in [5.41, 5.74) is 3.81. The van der Waals surface area contributed by atoms with Crippen molar-refractivity contribution in [2.45, 2.75) is 13.2 Å². The molecule has 1 heterocycles. The molecule has 0 N–H and O–H groups in total. The van der Waals surface area contributed by atoms with Crippen LogP contribution in [-0.4, -0.2) is 10.2 Å². The molecule has 28 heavy (non-hydrogen) atoms. The molecule has 4 heteroatoms. The van der Waals surface area contributed by atoms with E-state index in [-0.39, 0.29) is 0 Å². The number of benzene rings is 3. The van der Waals surface area contributed by atoms with Crippen molar-refractivity contribution in [2.24, 2.45) is 0 Å². The molecule has 0 aliphatic heterocycles. The Bertz CT molecular complexity index is 1010. The fourth-order valence-corrected chi connectivity index (χ4v) is 2.80. The third-order valence-corrected chi connectivity index (χ3v) is 4.25. The predicted molar refractivity (Wildman–Crippen MR) is 109 cm³/mol. The van der Waals surface area contributed by atoms with Crippen LogP contribution >= 0.6 is 0 Å². The smallest absolute Gasteiger partial charge is 0.237 e. The minimum atomic E-state index is 0.429. The van der Waals surface area contributed by atoms with Gasteiger partial charge in [-0.2, -0.15) is 0 Å². The first kappa shape index (κ1) is 17.7. The highest BCUT2D eigenvalue weighted by Crippen LogP contribution is 2.30. The highest BCUT2D eigenvalue weighted by atomic mass is 16.5. The first-order valence-corrected chi connectivity index (χ1v) is 9.15. The largest absolute Gasteiger partial charge is 0.486 e. The van der Waals surface area contributed by atoms with Crippen LogP contribution in [0.5, 0.6) is 11.6 Å². The van der Waals surface area contributed by atoms with E-state index in [2.05, 4.69) is 10.2 Å². The second kappa shape index (κ2) is 8.82. The first-order chi connectivity index (χ1) is 13.9. The summed E-state index contributed by atoms with van der Waals surface area (Å²) < 4.78 is 11.9. The fourth-order valence-electron chi connectivity index (χ4n) is 2.80. The molecule has 138 valence electrons. The average Bonchev–Trinajstić information content (AvgIpc) is 2.78.